The van der Waals surface area contributed by atoms with Gasteiger partial charge in [-0.15, -0.1) is 0 Å². The zero-order valence-corrected chi connectivity index (χ0v) is 14.1. The maximum atomic E-state index is 9.58. The zero-order chi connectivity index (χ0) is 15.1. The molecule has 0 unspecified atom stereocenters. The van der Waals surface area contributed by atoms with E-state index in [1.807, 2.05) is 6.92 Å². The van der Waals surface area contributed by atoms with Gasteiger partial charge in [-0.1, -0.05) is 90.4 Å². The molecule has 0 amide bonds. The highest BCUT2D eigenvalue weighted by Crippen LogP contribution is 2.13. The Kier molecular flexibility index (Phi) is 15.3. The van der Waals surface area contributed by atoms with E-state index < -0.39 is 0 Å². The van der Waals surface area contributed by atoms with Crippen LogP contribution in [0.3, 0.4) is 0 Å². The fourth-order valence-corrected chi connectivity index (χ4v) is 2.63. The molecule has 2 atom stereocenters. The minimum Gasteiger partial charge on any atom is -0.392 e. The molecule has 0 aliphatic rings. The number of nitrogens with two attached hydrogens (primary N) is 1. The molecule has 20 heavy (non-hydrogen) atoms. The van der Waals surface area contributed by atoms with Crippen molar-refractivity contribution in [2.24, 2.45) is 5.73 Å². The monoisotopic (exact) mass is 285 g/mol. The summed E-state index contributed by atoms with van der Waals surface area (Å²) < 4.78 is 0. The van der Waals surface area contributed by atoms with Crippen molar-refractivity contribution in [3.05, 3.63) is 0 Å². The van der Waals surface area contributed by atoms with Crippen molar-refractivity contribution in [1.82, 2.24) is 0 Å². The van der Waals surface area contributed by atoms with E-state index in [2.05, 4.69) is 6.92 Å². The van der Waals surface area contributed by atoms with E-state index in [0.717, 1.165) is 12.8 Å². The van der Waals surface area contributed by atoms with Crippen LogP contribution in [-0.2, 0) is 0 Å². The molecule has 0 aromatic heterocycles. The van der Waals surface area contributed by atoms with Crippen LogP contribution in [-0.4, -0.2) is 17.3 Å². The molecule has 0 saturated heterocycles. The average molecular weight is 286 g/mol. The second-order valence-corrected chi connectivity index (χ2v) is 6.46. The molecular formula is C18H39NO. The van der Waals surface area contributed by atoms with Gasteiger partial charge in [-0.05, 0) is 13.3 Å². The van der Waals surface area contributed by atoms with Crippen molar-refractivity contribution >= 4 is 0 Å². The lowest BCUT2D eigenvalue weighted by molar-refractivity contribution is 0.138. The predicted octanol–water partition coefficient (Wildman–Crippen LogP) is 5.18. The lowest BCUT2D eigenvalue weighted by atomic mass is 10.0. The van der Waals surface area contributed by atoms with Crippen molar-refractivity contribution in [1.29, 1.82) is 0 Å². The Labute approximate surface area is 127 Å². The first kappa shape index (κ1) is 19.9. The van der Waals surface area contributed by atoms with Crippen molar-refractivity contribution in [3.63, 3.8) is 0 Å². The Bertz CT molecular complexity index is 182. The number of aliphatic hydroxyl groups is 1. The maximum absolute atomic E-state index is 9.58. The molecule has 2 nitrogen and oxygen atoms in total. The molecule has 122 valence electrons. The van der Waals surface area contributed by atoms with Gasteiger partial charge in [0.1, 0.15) is 0 Å². The normalized spacial score (nSPS) is 14.4. The van der Waals surface area contributed by atoms with Crippen molar-refractivity contribution in [2.45, 2.75) is 116 Å². The molecule has 0 aromatic rings. The molecule has 0 radical (unpaired) electrons. The van der Waals surface area contributed by atoms with Gasteiger partial charge in [0.25, 0.3) is 0 Å². The first-order valence-electron chi connectivity index (χ1n) is 9.12. The van der Waals surface area contributed by atoms with Crippen molar-refractivity contribution < 1.29 is 5.11 Å². The number of hydrogen-bond acceptors (Lipinski definition) is 2. The summed E-state index contributed by atoms with van der Waals surface area (Å²) in [5, 5.41) is 9.58. The van der Waals surface area contributed by atoms with Crippen LogP contribution >= 0.6 is 0 Å². The molecule has 0 rings (SSSR count). The lowest BCUT2D eigenvalue weighted by Crippen LogP contribution is -2.31. The fraction of sp³-hybridized carbons (Fsp3) is 1.00. The molecule has 0 saturated carbocycles. The van der Waals surface area contributed by atoms with Crippen molar-refractivity contribution in [3.8, 4) is 0 Å². The van der Waals surface area contributed by atoms with Gasteiger partial charge in [-0.3, -0.25) is 0 Å². The third kappa shape index (κ3) is 14.3. The van der Waals surface area contributed by atoms with Crippen molar-refractivity contribution in [2.75, 3.05) is 0 Å². The van der Waals surface area contributed by atoms with Crippen LogP contribution < -0.4 is 5.73 Å². The summed E-state index contributed by atoms with van der Waals surface area (Å²) in [5.41, 5.74) is 5.63. The molecule has 0 aliphatic carbocycles. The zero-order valence-electron chi connectivity index (χ0n) is 14.1. The summed E-state index contributed by atoms with van der Waals surface area (Å²) in [4.78, 5) is 0. The van der Waals surface area contributed by atoms with Gasteiger partial charge in [-0.25, -0.2) is 0 Å². The highest BCUT2D eigenvalue weighted by atomic mass is 16.3. The lowest BCUT2D eigenvalue weighted by Gasteiger charge is -2.13. The summed E-state index contributed by atoms with van der Waals surface area (Å²) >= 11 is 0. The third-order valence-electron chi connectivity index (χ3n) is 4.21. The number of rotatable bonds is 15. The van der Waals surface area contributed by atoms with Gasteiger partial charge in [0.2, 0.25) is 0 Å². The number of hydrogen-bond donors (Lipinski definition) is 2. The highest BCUT2D eigenvalue weighted by Gasteiger charge is 2.07. The first-order valence-corrected chi connectivity index (χ1v) is 9.12. The summed E-state index contributed by atoms with van der Waals surface area (Å²) in [5.74, 6) is 0. The number of unbranched alkanes of at least 4 members (excludes halogenated alkanes) is 12. The Morgan fingerprint density at radius 3 is 1.40 bits per heavy atom. The summed E-state index contributed by atoms with van der Waals surface area (Å²) in [6, 6.07) is -0.0765. The Morgan fingerprint density at radius 2 is 1.05 bits per heavy atom. The topological polar surface area (TPSA) is 46.2 Å². The molecule has 3 N–H and O–H groups in total. The summed E-state index contributed by atoms with van der Waals surface area (Å²) in [6.07, 6.45) is 18.4. The van der Waals surface area contributed by atoms with Gasteiger partial charge < -0.3 is 10.8 Å². The molecule has 0 aliphatic heterocycles. The number of aliphatic hydroxyl groups excluding tert-OH is 1. The summed E-state index contributed by atoms with van der Waals surface area (Å²) in [7, 11) is 0. The highest BCUT2D eigenvalue weighted by molar-refractivity contribution is 4.65. The molecule has 2 heteroatoms. The van der Waals surface area contributed by atoms with E-state index in [9.17, 15) is 5.11 Å². The Morgan fingerprint density at radius 1 is 0.700 bits per heavy atom. The second-order valence-electron chi connectivity index (χ2n) is 6.46. The SMILES string of the molecule is CCCCCCCCCCCCCCC[C@@H](O)[C@@H](C)N. The van der Waals surface area contributed by atoms with Crippen LogP contribution in [0.15, 0.2) is 0 Å². The van der Waals surface area contributed by atoms with E-state index in [-0.39, 0.29) is 12.1 Å². The van der Waals surface area contributed by atoms with Gasteiger partial charge >= 0.3 is 0 Å². The minimum atomic E-state index is -0.303. The molecule has 0 bridgehead atoms. The largest absolute Gasteiger partial charge is 0.392 e. The third-order valence-corrected chi connectivity index (χ3v) is 4.21. The van der Waals surface area contributed by atoms with Gasteiger partial charge in [0, 0.05) is 6.04 Å². The maximum Gasteiger partial charge on any atom is 0.0688 e. The van der Waals surface area contributed by atoms with Gasteiger partial charge in [0.05, 0.1) is 6.10 Å². The quantitative estimate of drug-likeness (QED) is 0.407. The standard InChI is InChI=1S/C18H39NO/c1-3-4-5-6-7-8-9-10-11-12-13-14-15-16-18(20)17(2)19/h17-18,20H,3-16,19H2,1-2H3/t17-,18-/m1/s1. The molecule has 0 heterocycles. The van der Waals surface area contributed by atoms with E-state index in [4.69, 9.17) is 5.73 Å². The van der Waals surface area contributed by atoms with Gasteiger partial charge in [-0.2, -0.15) is 0 Å². The fourth-order valence-electron chi connectivity index (χ4n) is 2.63. The summed E-state index contributed by atoms with van der Waals surface area (Å²) in [6.45, 7) is 4.16. The van der Waals surface area contributed by atoms with Crippen LogP contribution in [0.2, 0.25) is 0 Å². The predicted molar refractivity (Wildman–Crippen MR) is 90.0 cm³/mol. The second kappa shape index (κ2) is 15.3. The minimum absolute atomic E-state index is 0.0765. The average Bonchev–Trinajstić information content (AvgIpc) is 2.43. The van der Waals surface area contributed by atoms with E-state index in [1.165, 1.54) is 77.0 Å². The van der Waals surface area contributed by atoms with Crippen LogP contribution in [0.4, 0.5) is 0 Å². The Hall–Kier alpha value is -0.0800. The molecule has 0 spiro atoms. The van der Waals surface area contributed by atoms with Crippen LogP contribution in [0.5, 0.6) is 0 Å². The van der Waals surface area contributed by atoms with E-state index in [0.29, 0.717) is 0 Å². The van der Waals surface area contributed by atoms with Gasteiger partial charge in [0.15, 0.2) is 0 Å². The van der Waals surface area contributed by atoms with Crippen LogP contribution in [0.1, 0.15) is 104 Å². The smallest absolute Gasteiger partial charge is 0.0688 e. The van der Waals surface area contributed by atoms with Crippen LogP contribution in [0.25, 0.3) is 0 Å². The molecule has 0 fully saturated rings. The Balaban J connectivity index is 3.03. The van der Waals surface area contributed by atoms with Crippen LogP contribution in [0, 0.1) is 0 Å². The first-order chi connectivity index (χ1) is 9.68. The molecule has 0 aromatic carbocycles. The molecular weight excluding hydrogens is 246 g/mol. The van der Waals surface area contributed by atoms with E-state index >= 15 is 0 Å². The van der Waals surface area contributed by atoms with E-state index in [1.54, 1.807) is 0 Å².